The summed E-state index contributed by atoms with van der Waals surface area (Å²) in [6.07, 6.45) is 0. The summed E-state index contributed by atoms with van der Waals surface area (Å²) in [6.45, 7) is 0.420. The Bertz CT molecular complexity index is 551. The van der Waals surface area contributed by atoms with E-state index < -0.39 is 0 Å². The third kappa shape index (κ3) is 2.88. The van der Waals surface area contributed by atoms with Crippen LogP contribution in [0.4, 0.5) is 5.69 Å². The van der Waals surface area contributed by atoms with E-state index in [1.165, 1.54) is 11.3 Å². The zero-order valence-corrected chi connectivity index (χ0v) is 10.5. The molecule has 2 rings (SSSR count). The molecular formula is C13H14N2O2S. The second kappa shape index (κ2) is 5.66. The van der Waals surface area contributed by atoms with E-state index >= 15 is 0 Å². The fraction of sp³-hybridized carbons (Fsp3) is 0.154. The lowest BCUT2D eigenvalue weighted by Gasteiger charge is -2.06. The SMILES string of the molecule is Nc1ccsc1C(=O)NCc1cccc(CO)c1. The summed E-state index contributed by atoms with van der Waals surface area (Å²) in [4.78, 5) is 12.4. The van der Waals surface area contributed by atoms with Gasteiger partial charge < -0.3 is 16.2 Å². The largest absolute Gasteiger partial charge is 0.397 e. The second-order valence-corrected chi connectivity index (χ2v) is 4.78. The van der Waals surface area contributed by atoms with E-state index in [4.69, 9.17) is 10.8 Å². The number of nitrogen functional groups attached to an aromatic ring is 1. The lowest BCUT2D eigenvalue weighted by Crippen LogP contribution is -2.22. The average molecular weight is 262 g/mol. The van der Waals surface area contributed by atoms with Gasteiger partial charge in [0.15, 0.2) is 0 Å². The van der Waals surface area contributed by atoms with Gasteiger partial charge in [-0.05, 0) is 22.6 Å². The Labute approximate surface area is 109 Å². The predicted molar refractivity (Wildman–Crippen MR) is 72.3 cm³/mol. The molecule has 4 N–H and O–H groups in total. The molecular weight excluding hydrogens is 248 g/mol. The van der Waals surface area contributed by atoms with Crippen LogP contribution < -0.4 is 11.1 Å². The zero-order valence-electron chi connectivity index (χ0n) is 9.72. The Morgan fingerprint density at radius 1 is 1.33 bits per heavy atom. The van der Waals surface area contributed by atoms with Crippen LogP contribution in [0.5, 0.6) is 0 Å². The molecule has 94 valence electrons. The molecule has 1 aromatic carbocycles. The summed E-state index contributed by atoms with van der Waals surface area (Å²) in [5, 5.41) is 13.6. The van der Waals surface area contributed by atoms with Crippen LogP contribution in [0.1, 0.15) is 20.8 Å². The summed E-state index contributed by atoms with van der Waals surface area (Å²) in [7, 11) is 0. The normalized spacial score (nSPS) is 10.3. The van der Waals surface area contributed by atoms with Crippen molar-refractivity contribution in [2.24, 2.45) is 0 Å². The van der Waals surface area contributed by atoms with Gasteiger partial charge in [-0.2, -0.15) is 0 Å². The van der Waals surface area contributed by atoms with Crippen molar-refractivity contribution < 1.29 is 9.90 Å². The van der Waals surface area contributed by atoms with Gasteiger partial charge in [-0.3, -0.25) is 4.79 Å². The van der Waals surface area contributed by atoms with Gasteiger partial charge in [-0.25, -0.2) is 0 Å². The Morgan fingerprint density at radius 2 is 2.11 bits per heavy atom. The number of thiophene rings is 1. The number of aliphatic hydroxyl groups excluding tert-OH is 1. The van der Waals surface area contributed by atoms with E-state index in [9.17, 15) is 4.79 Å². The lowest BCUT2D eigenvalue weighted by molar-refractivity contribution is 0.0956. The highest BCUT2D eigenvalue weighted by molar-refractivity contribution is 7.12. The number of amides is 1. The number of hydrogen-bond acceptors (Lipinski definition) is 4. The molecule has 18 heavy (non-hydrogen) atoms. The average Bonchev–Trinajstić information content (AvgIpc) is 2.82. The first-order chi connectivity index (χ1) is 8.70. The van der Waals surface area contributed by atoms with Crippen molar-refractivity contribution in [1.29, 1.82) is 0 Å². The van der Waals surface area contributed by atoms with Crippen LogP contribution >= 0.6 is 11.3 Å². The summed E-state index contributed by atoms with van der Waals surface area (Å²) in [5.41, 5.74) is 7.95. The molecule has 0 aliphatic heterocycles. The van der Waals surface area contributed by atoms with E-state index in [-0.39, 0.29) is 12.5 Å². The molecule has 0 saturated heterocycles. The fourth-order valence-electron chi connectivity index (χ4n) is 1.60. The topological polar surface area (TPSA) is 75.4 Å². The monoisotopic (exact) mass is 262 g/mol. The van der Waals surface area contributed by atoms with Gasteiger partial charge in [0, 0.05) is 6.54 Å². The first-order valence-electron chi connectivity index (χ1n) is 5.50. The molecule has 0 aliphatic rings. The number of anilines is 1. The Kier molecular flexibility index (Phi) is 3.96. The first kappa shape index (κ1) is 12.6. The van der Waals surface area contributed by atoms with E-state index in [2.05, 4.69) is 5.32 Å². The molecule has 0 fully saturated rings. The number of nitrogens with two attached hydrogens (primary N) is 1. The van der Waals surface area contributed by atoms with Crippen molar-refractivity contribution in [3.8, 4) is 0 Å². The van der Waals surface area contributed by atoms with Crippen LogP contribution in [0, 0.1) is 0 Å². The molecule has 0 saturated carbocycles. The quantitative estimate of drug-likeness (QED) is 0.785. The van der Waals surface area contributed by atoms with E-state index in [0.29, 0.717) is 17.1 Å². The third-order valence-corrected chi connectivity index (χ3v) is 3.46. The van der Waals surface area contributed by atoms with Crippen LogP contribution in [0.2, 0.25) is 0 Å². The number of benzene rings is 1. The van der Waals surface area contributed by atoms with Crippen LogP contribution in [-0.2, 0) is 13.2 Å². The smallest absolute Gasteiger partial charge is 0.263 e. The van der Waals surface area contributed by atoms with Crippen molar-refractivity contribution >= 4 is 22.9 Å². The Morgan fingerprint density at radius 3 is 2.78 bits per heavy atom. The molecule has 0 spiro atoms. The number of rotatable bonds is 4. The maximum atomic E-state index is 11.8. The number of hydrogen-bond donors (Lipinski definition) is 3. The summed E-state index contributed by atoms with van der Waals surface area (Å²) >= 11 is 1.32. The minimum atomic E-state index is -0.170. The highest BCUT2D eigenvalue weighted by Crippen LogP contribution is 2.18. The van der Waals surface area contributed by atoms with Crippen LogP contribution in [0.15, 0.2) is 35.7 Å². The van der Waals surface area contributed by atoms with Crippen molar-refractivity contribution in [2.75, 3.05) is 5.73 Å². The fourth-order valence-corrected chi connectivity index (χ4v) is 2.34. The summed E-state index contributed by atoms with van der Waals surface area (Å²) < 4.78 is 0. The molecule has 0 radical (unpaired) electrons. The number of carbonyl (C=O) groups excluding carboxylic acids is 1. The lowest BCUT2D eigenvalue weighted by atomic mass is 10.1. The Balaban J connectivity index is 1.99. The number of aliphatic hydroxyl groups is 1. The van der Waals surface area contributed by atoms with Gasteiger partial charge in [0.05, 0.1) is 12.3 Å². The highest BCUT2D eigenvalue weighted by atomic mass is 32.1. The minimum Gasteiger partial charge on any atom is -0.397 e. The molecule has 2 aromatic rings. The van der Waals surface area contributed by atoms with Gasteiger partial charge in [0.25, 0.3) is 5.91 Å². The highest BCUT2D eigenvalue weighted by Gasteiger charge is 2.10. The molecule has 0 aliphatic carbocycles. The van der Waals surface area contributed by atoms with Crippen LogP contribution in [0.25, 0.3) is 0 Å². The number of nitrogens with one attached hydrogen (secondary N) is 1. The molecule has 0 bridgehead atoms. The van der Waals surface area contributed by atoms with Crippen molar-refractivity contribution in [3.05, 3.63) is 51.7 Å². The summed E-state index contributed by atoms with van der Waals surface area (Å²) in [6, 6.07) is 9.16. The van der Waals surface area contributed by atoms with Gasteiger partial charge in [0.2, 0.25) is 0 Å². The third-order valence-electron chi connectivity index (χ3n) is 2.53. The molecule has 4 nitrogen and oxygen atoms in total. The molecule has 1 heterocycles. The van der Waals surface area contributed by atoms with E-state index in [0.717, 1.165) is 11.1 Å². The number of carbonyl (C=O) groups is 1. The molecule has 0 unspecified atom stereocenters. The maximum Gasteiger partial charge on any atom is 0.263 e. The maximum absolute atomic E-state index is 11.8. The van der Waals surface area contributed by atoms with Crippen LogP contribution in [-0.4, -0.2) is 11.0 Å². The molecule has 5 heteroatoms. The first-order valence-corrected chi connectivity index (χ1v) is 6.38. The van der Waals surface area contributed by atoms with Crippen LogP contribution in [0.3, 0.4) is 0 Å². The van der Waals surface area contributed by atoms with Crippen molar-refractivity contribution in [3.63, 3.8) is 0 Å². The Hall–Kier alpha value is -1.85. The van der Waals surface area contributed by atoms with Gasteiger partial charge in [0.1, 0.15) is 4.88 Å². The minimum absolute atomic E-state index is 0.000338. The molecule has 0 atom stereocenters. The van der Waals surface area contributed by atoms with E-state index in [1.54, 1.807) is 11.4 Å². The molecule has 1 amide bonds. The zero-order chi connectivity index (χ0) is 13.0. The van der Waals surface area contributed by atoms with E-state index in [1.807, 2.05) is 24.3 Å². The predicted octanol–water partition coefficient (Wildman–Crippen LogP) is 1.75. The van der Waals surface area contributed by atoms with Crippen molar-refractivity contribution in [2.45, 2.75) is 13.2 Å². The van der Waals surface area contributed by atoms with Crippen molar-refractivity contribution in [1.82, 2.24) is 5.32 Å². The standard InChI is InChI=1S/C13H14N2O2S/c14-11-4-5-18-12(11)13(17)15-7-9-2-1-3-10(6-9)8-16/h1-6,16H,7-8,14H2,(H,15,17). The summed E-state index contributed by atoms with van der Waals surface area (Å²) in [5.74, 6) is -0.170. The van der Waals surface area contributed by atoms with Gasteiger partial charge in [-0.15, -0.1) is 11.3 Å². The second-order valence-electron chi connectivity index (χ2n) is 3.87. The molecule has 1 aromatic heterocycles. The van der Waals surface area contributed by atoms with Gasteiger partial charge in [-0.1, -0.05) is 24.3 Å². The van der Waals surface area contributed by atoms with Gasteiger partial charge >= 0.3 is 0 Å².